The van der Waals surface area contributed by atoms with Gasteiger partial charge in [0, 0.05) is 0 Å². The third-order valence-electron chi connectivity index (χ3n) is 2.21. The number of ether oxygens (including phenoxy) is 1. The van der Waals surface area contributed by atoms with Crippen molar-refractivity contribution in [3.05, 3.63) is 30.3 Å². The van der Waals surface area contributed by atoms with E-state index < -0.39 is 0 Å². The summed E-state index contributed by atoms with van der Waals surface area (Å²) in [6, 6.07) is 9.63. The van der Waals surface area contributed by atoms with Gasteiger partial charge < -0.3 is 9.84 Å². The van der Waals surface area contributed by atoms with E-state index in [2.05, 4.69) is 0 Å². The lowest BCUT2D eigenvalue weighted by molar-refractivity contribution is -0.0361. The Morgan fingerprint density at radius 3 is 2.42 bits per heavy atom. The molecule has 0 heterocycles. The van der Waals surface area contributed by atoms with Crippen molar-refractivity contribution in [3.63, 3.8) is 0 Å². The second-order valence-electron chi connectivity index (χ2n) is 3.11. The number of aliphatic hydroxyl groups excluding tert-OH is 1. The summed E-state index contributed by atoms with van der Waals surface area (Å²) in [5, 5.41) is 9.24. The van der Waals surface area contributed by atoms with Crippen LogP contribution < -0.4 is 4.74 Å². The molecule has 1 aliphatic rings. The van der Waals surface area contributed by atoms with Crippen LogP contribution in [-0.4, -0.2) is 17.3 Å². The summed E-state index contributed by atoms with van der Waals surface area (Å²) >= 11 is 0. The van der Waals surface area contributed by atoms with Crippen LogP contribution in [0.3, 0.4) is 0 Å². The highest BCUT2D eigenvalue weighted by Crippen LogP contribution is 2.25. The maximum absolute atomic E-state index is 9.24. The molecule has 0 aliphatic heterocycles. The summed E-state index contributed by atoms with van der Waals surface area (Å²) in [7, 11) is 0. The molecule has 1 N–H and O–H groups in total. The molecule has 64 valence electrons. The minimum Gasteiger partial charge on any atom is -0.488 e. The SMILES string of the molecule is OC1CCC1Oc1ccccc1. The Morgan fingerprint density at radius 2 is 1.92 bits per heavy atom. The summed E-state index contributed by atoms with van der Waals surface area (Å²) in [4.78, 5) is 0. The lowest BCUT2D eigenvalue weighted by Gasteiger charge is -2.32. The van der Waals surface area contributed by atoms with Gasteiger partial charge in [-0.05, 0) is 25.0 Å². The van der Waals surface area contributed by atoms with Crippen LogP contribution in [0.4, 0.5) is 0 Å². The molecule has 0 amide bonds. The third-order valence-corrected chi connectivity index (χ3v) is 2.21. The molecule has 12 heavy (non-hydrogen) atoms. The van der Waals surface area contributed by atoms with Gasteiger partial charge in [0.05, 0.1) is 6.10 Å². The van der Waals surface area contributed by atoms with Crippen molar-refractivity contribution >= 4 is 0 Å². The van der Waals surface area contributed by atoms with E-state index in [9.17, 15) is 5.11 Å². The fraction of sp³-hybridized carbons (Fsp3) is 0.400. The molecule has 2 atom stereocenters. The number of benzene rings is 1. The van der Waals surface area contributed by atoms with Gasteiger partial charge in [0.15, 0.2) is 0 Å². The zero-order chi connectivity index (χ0) is 8.39. The highest BCUT2D eigenvalue weighted by molar-refractivity contribution is 5.21. The zero-order valence-corrected chi connectivity index (χ0v) is 6.81. The van der Waals surface area contributed by atoms with Crippen molar-refractivity contribution in [1.82, 2.24) is 0 Å². The number of aliphatic hydroxyl groups is 1. The first-order valence-corrected chi connectivity index (χ1v) is 4.26. The van der Waals surface area contributed by atoms with Crippen LogP contribution in [-0.2, 0) is 0 Å². The number of hydrogen-bond donors (Lipinski definition) is 1. The van der Waals surface area contributed by atoms with Crippen molar-refractivity contribution in [1.29, 1.82) is 0 Å². The molecule has 0 radical (unpaired) electrons. The molecule has 2 rings (SSSR count). The monoisotopic (exact) mass is 164 g/mol. The van der Waals surface area contributed by atoms with Gasteiger partial charge in [-0.2, -0.15) is 0 Å². The van der Waals surface area contributed by atoms with Gasteiger partial charge in [-0.3, -0.25) is 0 Å². The molecule has 1 aliphatic carbocycles. The average Bonchev–Trinajstić information content (AvgIpc) is 2.14. The summed E-state index contributed by atoms with van der Waals surface area (Å²) in [5.41, 5.74) is 0. The quantitative estimate of drug-likeness (QED) is 0.719. The molecule has 0 bridgehead atoms. The number of para-hydroxylation sites is 1. The van der Waals surface area contributed by atoms with E-state index in [1.165, 1.54) is 0 Å². The Hall–Kier alpha value is -1.02. The van der Waals surface area contributed by atoms with E-state index in [0.717, 1.165) is 18.6 Å². The van der Waals surface area contributed by atoms with Crippen molar-refractivity contribution in [2.45, 2.75) is 25.0 Å². The Morgan fingerprint density at radius 1 is 1.17 bits per heavy atom. The van der Waals surface area contributed by atoms with Gasteiger partial charge in [-0.15, -0.1) is 0 Å². The number of hydrogen-bond acceptors (Lipinski definition) is 2. The van der Waals surface area contributed by atoms with Crippen LogP contribution in [0.2, 0.25) is 0 Å². The lowest BCUT2D eigenvalue weighted by Crippen LogP contribution is -2.41. The second-order valence-corrected chi connectivity index (χ2v) is 3.11. The largest absolute Gasteiger partial charge is 0.488 e. The second kappa shape index (κ2) is 3.15. The van der Waals surface area contributed by atoms with Crippen LogP contribution in [0.1, 0.15) is 12.8 Å². The minimum atomic E-state index is -0.259. The van der Waals surface area contributed by atoms with Crippen molar-refractivity contribution in [2.24, 2.45) is 0 Å². The Balaban J connectivity index is 1.95. The predicted molar refractivity (Wildman–Crippen MR) is 46.1 cm³/mol. The van der Waals surface area contributed by atoms with E-state index in [1.807, 2.05) is 30.3 Å². The Bertz CT molecular complexity index is 245. The molecule has 2 nitrogen and oxygen atoms in total. The van der Waals surface area contributed by atoms with E-state index in [0.29, 0.717) is 0 Å². The Kier molecular flexibility index (Phi) is 2.00. The van der Waals surface area contributed by atoms with Gasteiger partial charge >= 0.3 is 0 Å². The van der Waals surface area contributed by atoms with Gasteiger partial charge in [0.25, 0.3) is 0 Å². The van der Waals surface area contributed by atoms with Crippen LogP contribution in [0.25, 0.3) is 0 Å². The van der Waals surface area contributed by atoms with E-state index in [4.69, 9.17) is 4.74 Å². The van der Waals surface area contributed by atoms with Crippen LogP contribution in [0.5, 0.6) is 5.75 Å². The van der Waals surface area contributed by atoms with Crippen LogP contribution in [0, 0.1) is 0 Å². The molecule has 2 unspecified atom stereocenters. The van der Waals surface area contributed by atoms with Gasteiger partial charge in [0.1, 0.15) is 11.9 Å². The third kappa shape index (κ3) is 1.43. The average molecular weight is 164 g/mol. The first kappa shape index (κ1) is 7.62. The highest BCUT2D eigenvalue weighted by atomic mass is 16.5. The predicted octanol–water partition coefficient (Wildman–Crippen LogP) is 1.59. The molecular weight excluding hydrogens is 152 g/mol. The maximum atomic E-state index is 9.24. The van der Waals surface area contributed by atoms with E-state index >= 15 is 0 Å². The normalized spacial score (nSPS) is 27.8. The standard InChI is InChI=1S/C10H12O2/c11-9-6-7-10(9)12-8-4-2-1-3-5-8/h1-5,9-11H,6-7H2. The maximum Gasteiger partial charge on any atom is 0.125 e. The Labute approximate surface area is 71.8 Å². The summed E-state index contributed by atoms with van der Waals surface area (Å²) in [6.07, 6.45) is 1.60. The van der Waals surface area contributed by atoms with Crippen LogP contribution >= 0.6 is 0 Å². The molecule has 0 aromatic heterocycles. The summed E-state index contributed by atoms with van der Waals surface area (Å²) in [6.45, 7) is 0. The van der Waals surface area contributed by atoms with E-state index in [-0.39, 0.29) is 12.2 Å². The molecule has 0 saturated heterocycles. The molecule has 0 spiro atoms. The first-order valence-electron chi connectivity index (χ1n) is 4.26. The molecule has 1 saturated carbocycles. The summed E-state index contributed by atoms with van der Waals surface area (Å²) in [5.74, 6) is 0.848. The molecule has 1 aromatic carbocycles. The zero-order valence-electron chi connectivity index (χ0n) is 6.81. The van der Waals surface area contributed by atoms with E-state index in [1.54, 1.807) is 0 Å². The van der Waals surface area contributed by atoms with Crippen molar-refractivity contribution in [2.75, 3.05) is 0 Å². The molecule has 1 aromatic rings. The fourth-order valence-electron chi connectivity index (χ4n) is 1.26. The minimum absolute atomic E-state index is 0.0207. The highest BCUT2D eigenvalue weighted by Gasteiger charge is 2.30. The van der Waals surface area contributed by atoms with Gasteiger partial charge in [0.2, 0.25) is 0 Å². The molecular formula is C10H12O2. The van der Waals surface area contributed by atoms with Gasteiger partial charge in [-0.25, -0.2) is 0 Å². The fourth-order valence-corrected chi connectivity index (χ4v) is 1.26. The van der Waals surface area contributed by atoms with Crippen LogP contribution in [0.15, 0.2) is 30.3 Å². The first-order chi connectivity index (χ1) is 5.86. The number of rotatable bonds is 2. The summed E-state index contributed by atoms with van der Waals surface area (Å²) < 4.78 is 5.51. The van der Waals surface area contributed by atoms with Crippen molar-refractivity contribution < 1.29 is 9.84 Å². The smallest absolute Gasteiger partial charge is 0.125 e. The lowest BCUT2D eigenvalue weighted by atomic mass is 9.92. The van der Waals surface area contributed by atoms with Crippen molar-refractivity contribution in [3.8, 4) is 5.75 Å². The topological polar surface area (TPSA) is 29.5 Å². The molecule has 1 fully saturated rings. The molecule has 2 heteroatoms. The van der Waals surface area contributed by atoms with Gasteiger partial charge in [-0.1, -0.05) is 18.2 Å².